The van der Waals surface area contributed by atoms with Gasteiger partial charge in [-0.15, -0.1) is 0 Å². The number of amides is 1. The van der Waals surface area contributed by atoms with Crippen LogP contribution < -0.4 is 0 Å². The summed E-state index contributed by atoms with van der Waals surface area (Å²) in [5.74, 6) is -0.995. The molecule has 0 bridgehead atoms. The average Bonchev–Trinajstić information content (AvgIpc) is 2.36. The van der Waals surface area contributed by atoms with Crippen LogP contribution in [0.4, 0.5) is 4.79 Å². The molecule has 18 heavy (non-hydrogen) atoms. The van der Waals surface area contributed by atoms with Crippen molar-refractivity contribution in [2.24, 2.45) is 0 Å². The number of hydrogen-bond acceptors (Lipinski definition) is 3. The molecule has 0 spiro atoms. The van der Waals surface area contributed by atoms with Crippen LogP contribution in [-0.4, -0.2) is 35.2 Å². The van der Waals surface area contributed by atoms with Gasteiger partial charge in [0.25, 0.3) is 0 Å². The highest BCUT2D eigenvalue weighted by atomic mass is 16.6. The van der Waals surface area contributed by atoms with Crippen LogP contribution in [-0.2, 0) is 11.3 Å². The van der Waals surface area contributed by atoms with Crippen molar-refractivity contribution in [3.63, 3.8) is 0 Å². The first-order valence-corrected chi connectivity index (χ1v) is 5.83. The molecule has 1 aromatic carbocycles. The molecule has 0 unspecified atom stereocenters. The van der Waals surface area contributed by atoms with Gasteiger partial charge in [0.05, 0.1) is 12.2 Å². The van der Waals surface area contributed by atoms with E-state index < -0.39 is 12.1 Å². The number of carboxylic acid groups (broad SMARTS) is 1. The smallest absolute Gasteiger partial charge is 0.410 e. The Kier molecular flexibility index (Phi) is 5.17. The first-order valence-electron chi connectivity index (χ1n) is 5.83. The third-order valence-electron chi connectivity index (χ3n) is 2.52. The summed E-state index contributed by atoms with van der Waals surface area (Å²) in [4.78, 5) is 24.1. The summed E-state index contributed by atoms with van der Waals surface area (Å²) < 4.78 is 4.91. The normalized spacial score (nSPS) is 9.89. The third kappa shape index (κ3) is 3.48. The number of benzene rings is 1. The van der Waals surface area contributed by atoms with Gasteiger partial charge >= 0.3 is 12.1 Å². The molecule has 0 heterocycles. The lowest BCUT2D eigenvalue weighted by Crippen LogP contribution is -2.31. The summed E-state index contributed by atoms with van der Waals surface area (Å²) in [6.07, 6.45) is -0.430. The standard InChI is InChI=1S/C13H17NO4/c1-3-14(13(17)18-4-2)9-10-7-5-6-8-11(10)12(15)16/h5-8H,3-4,9H2,1-2H3,(H,15,16). The van der Waals surface area contributed by atoms with Crippen LogP contribution >= 0.6 is 0 Å². The average molecular weight is 251 g/mol. The topological polar surface area (TPSA) is 66.8 Å². The number of aromatic carboxylic acids is 1. The molecule has 0 aliphatic heterocycles. The van der Waals surface area contributed by atoms with E-state index >= 15 is 0 Å². The molecule has 1 N–H and O–H groups in total. The van der Waals surface area contributed by atoms with Gasteiger partial charge in [-0.25, -0.2) is 9.59 Å². The molecular formula is C13H17NO4. The Balaban J connectivity index is 2.88. The highest BCUT2D eigenvalue weighted by Gasteiger charge is 2.16. The molecular weight excluding hydrogens is 234 g/mol. The lowest BCUT2D eigenvalue weighted by molar-refractivity contribution is 0.0692. The van der Waals surface area contributed by atoms with Crippen molar-refractivity contribution in [2.75, 3.05) is 13.2 Å². The monoisotopic (exact) mass is 251 g/mol. The first-order chi connectivity index (χ1) is 8.60. The highest BCUT2D eigenvalue weighted by molar-refractivity contribution is 5.89. The lowest BCUT2D eigenvalue weighted by Gasteiger charge is -2.20. The Morgan fingerprint density at radius 1 is 1.28 bits per heavy atom. The van der Waals surface area contributed by atoms with E-state index in [4.69, 9.17) is 9.84 Å². The van der Waals surface area contributed by atoms with Crippen LogP contribution in [0.5, 0.6) is 0 Å². The van der Waals surface area contributed by atoms with E-state index in [1.165, 1.54) is 11.0 Å². The summed E-state index contributed by atoms with van der Waals surface area (Å²) >= 11 is 0. The Bertz CT molecular complexity index is 431. The number of carboxylic acids is 1. The van der Waals surface area contributed by atoms with Gasteiger partial charge in [0.15, 0.2) is 0 Å². The molecule has 0 fully saturated rings. The van der Waals surface area contributed by atoms with Crippen molar-refractivity contribution >= 4 is 12.1 Å². The minimum Gasteiger partial charge on any atom is -0.478 e. The quantitative estimate of drug-likeness (QED) is 0.872. The first kappa shape index (κ1) is 14.0. The fourth-order valence-corrected chi connectivity index (χ4v) is 1.59. The van der Waals surface area contributed by atoms with Gasteiger partial charge in [-0.05, 0) is 25.5 Å². The Morgan fingerprint density at radius 3 is 2.50 bits per heavy atom. The summed E-state index contributed by atoms with van der Waals surface area (Å²) in [5, 5.41) is 9.06. The zero-order valence-corrected chi connectivity index (χ0v) is 10.5. The van der Waals surface area contributed by atoms with Crippen molar-refractivity contribution in [2.45, 2.75) is 20.4 Å². The van der Waals surface area contributed by atoms with Crippen molar-refractivity contribution in [1.82, 2.24) is 4.90 Å². The summed E-state index contributed by atoms with van der Waals surface area (Å²) in [5.41, 5.74) is 0.806. The van der Waals surface area contributed by atoms with Gasteiger partial charge < -0.3 is 14.7 Å². The lowest BCUT2D eigenvalue weighted by atomic mass is 10.1. The summed E-state index contributed by atoms with van der Waals surface area (Å²) in [7, 11) is 0. The van der Waals surface area contributed by atoms with Crippen molar-refractivity contribution < 1.29 is 19.4 Å². The number of nitrogens with zero attached hydrogens (tertiary/aromatic N) is 1. The molecule has 1 aromatic rings. The minimum atomic E-state index is -0.995. The van der Waals surface area contributed by atoms with E-state index in [0.717, 1.165) is 0 Å². The molecule has 98 valence electrons. The maximum absolute atomic E-state index is 11.6. The van der Waals surface area contributed by atoms with E-state index in [1.54, 1.807) is 25.1 Å². The van der Waals surface area contributed by atoms with Crippen molar-refractivity contribution in [3.8, 4) is 0 Å². The van der Waals surface area contributed by atoms with Crippen LogP contribution in [0.15, 0.2) is 24.3 Å². The number of rotatable bonds is 5. The second kappa shape index (κ2) is 6.64. The number of carbonyl (C=O) groups is 2. The van der Waals surface area contributed by atoms with Crippen LogP contribution in [0.2, 0.25) is 0 Å². The van der Waals surface area contributed by atoms with E-state index in [9.17, 15) is 9.59 Å². The van der Waals surface area contributed by atoms with Gasteiger partial charge in [0.2, 0.25) is 0 Å². The molecule has 5 nitrogen and oxygen atoms in total. The molecule has 1 amide bonds. The Labute approximate surface area is 106 Å². The van der Waals surface area contributed by atoms with E-state index in [1.807, 2.05) is 6.92 Å². The molecule has 0 atom stereocenters. The van der Waals surface area contributed by atoms with E-state index in [-0.39, 0.29) is 12.1 Å². The van der Waals surface area contributed by atoms with E-state index in [2.05, 4.69) is 0 Å². The number of carbonyl (C=O) groups excluding carboxylic acids is 1. The predicted octanol–water partition coefficient (Wildman–Crippen LogP) is 2.36. The third-order valence-corrected chi connectivity index (χ3v) is 2.52. The Hall–Kier alpha value is -2.04. The molecule has 0 aliphatic carbocycles. The minimum absolute atomic E-state index is 0.209. The van der Waals surface area contributed by atoms with Gasteiger partial charge in [-0.2, -0.15) is 0 Å². The zero-order chi connectivity index (χ0) is 13.5. The predicted molar refractivity (Wildman–Crippen MR) is 66.5 cm³/mol. The fourth-order valence-electron chi connectivity index (χ4n) is 1.59. The second-order valence-corrected chi connectivity index (χ2v) is 3.68. The van der Waals surface area contributed by atoms with Gasteiger partial charge in [0.1, 0.15) is 0 Å². The molecule has 0 aromatic heterocycles. The largest absolute Gasteiger partial charge is 0.478 e. The van der Waals surface area contributed by atoms with E-state index in [0.29, 0.717) is 18.7 Å². The molecule has 1 rings (SSSR count). The number of hydrogen-bond donors (Lipinski definition) is 1. The van der Waals surface area contributed by atoms with Gasteiger partial charge in [0, 0.05) is 13.1 Å². The maximum Gasteiger partial charge on any atom is 0.410 e. The second-order valence-electron chi connectivity index (χ2n) is 3.68. The zero-order valence-electron chi connectivity index (χ0n) is 10.5. The van der Waals surface area contributed by atoms with Crippen LogP contribution in [0.1, 0.15) is 29.8 Å². The molecule has 0 radical (unpaired) electrons. The summed E-state index contributed by atoms with van der Waals surface area (Å²) in [6, 6.07) is 6.64. The molecule has 0 aliphatic rings. The highest BCUT2D eigenvalue weighted by Crippen LogP contribution is 2.12. The maximum atomic E-state index is 11.6. The molecule has 5 heteroatoms. The van der Waals surface area contributed by atoms with Crippen LogP contribution in [0.25, 0.3) is 0 Å². The number of ether oxygens (including phenoxy) is 1. The van der Waals surface area contributed by atoms with Gasteiger partial charge in [-0.1, -0.05) is 18.2 Å². The van der Waals surface area contributed by atoms with Crippen molar-refractivity contribution in [1.29, 1.82) is 0 Å². The van der Waals surface area contributed by atoms with Gasteiger partial charge in [-0.3, -0.25) is 0 Å². The summed E-state index contributed by atoms with van der Waals surface area (Å²) in [6.45, 7) is 4.55. The van der Waals surface area contributed by atoms with Crippen LogP contribution in [0.3, 0.4) is 0 Å². The van der Waals surface area contributed by atoms with Crippen molar-refractivity contribution in [3.05, 3.63) is 35.4 Å². The molecule has 0 saturated carbocycles. The van der Waals surface area contributed by atoms with Crippen LogP contribution in [0, 0.1) is 0 Å². The fraction of sp³-hybridized carbons (Fsp3) is 0.385. The Morgan fingerprint density at radius 2 is 1.94 bits per heavy atom. The SMILES string of the molecule is CCOC(=O)N(CC)Cc1ccccc1C(=O)O. The molecule has 0 saturated heterocycles.